The number of fused-ring (bicyclic) bond motifs is 1. The Bertz CT molecular complexity index is 784. The van der Waals surface area contributed by atoms with Gasteiger partial charge in [-0.05, 0) is 35.9 Å². The average molecular weight is 366 g/mol. The van der Waals surface area contributed by atoms with E-state index in [1.54, 1.807) is 11.9 Å². The largest absolute Gasteiger partial charge is 0.491 e. The number of amides is 1. The minimum absolute atomic E-state index is 0.0732. The highest BCUT2D eigenvalue weighted by molar-refractivity contribution is 6.32. The average Bonchev–Trinajstić information content (AvgIpc) is 3.04. The van der Waals surface area contributed by atoms with Crippen molar-refractivity contribution in [2.45, 2.75) is 13.0 Å². The van der Waals surface area contributed by atoms with Gasteiger partial charge < -0.3 is 19.1 Å². The van der Waals surface area contributed by atoms with Gasteiger partial charge in [0.1, 0.15) is 11.6 Å². The molecule has 25 heavy (non-hydrogen) atoms. The smallest absolute Gasteiger partial charge is 0.231 e. The van der Waals surface area contributed by atoms with Crippen LogP contribution < -0.4 is 14.2 Å². The number of hydrogen-bond acceptors (Lipinski definition) is 4. The van der Waals surface area contributed by atoms with Crippen LogP contribution in [0.25, 0.3) is 0 Å². The maximum absolute atomic E-state index is 13.0. The summed E-state index contributed by atoms with van der Waals surface area (Å²) in [5.41, 5.74) is 0.947. The van der Waals surface area contributed by atoms with Crippen LogP contribution >= 0.6 is 11.6 Å². The van der Waals surface area contributed by atoms with Gasteiger partial charge in [-0.25, -0.2) is 4.39 Å². The zero-order valence-corrected chi connectivity index (χ0v) is 14.4. The van der Waals surface area contributed by atoms with Gasteiger partial charge in [-0.3, -0.25) is 4.79 Å². The molecule has 0 radical (unpaired) electrons. The summed E-state index contributed by atoms with van der Waals surface area (Å²) < 4.78 is 29.0. The Balaban J connectivity index is 1.49. The highest BCUT2D eigenvalue weighted by Gasteiger charge is 2.15. The van der Waals surface area contributed by atoms with E-state index < -0.39 is 5.82 Å². The van der Waals surface area contributed by atoms with Crippen molar-refractivity contribution in [1.82, 2.24) is 4.90 Å². The van der Waals surface area contributed by atoms with E-state index >= 15 is 0 Å². The Labute approximate surface area is 149 Å². The molecule has 0 N–H and O–H groups in total. The van der Waals surface area contributed by atoms with Gasteiger partial charge in [-0.2, -0.15) is 0 Å². The number of carbonyl (C=O) groups excluding carboxylic acids is 1. The summed E-state index contributed by atoms with van der Waals surface area (Å²) in [6.07, 6.45) is 0.189. The highest BCUT2D eigenvalue weighted by Crippen LogP contribution is 2.32. The molecule has 132 valence electrons. The van der Waals surface area contributed by atoms with E-state index in [0.29, 0.717) is 23.8 Å². The third-order valence-corrected chi connectivity index (χ3v) is 4.05. The van der Waals surface area contributed by atoms with Crippen LogP contribution in [-0.4, -0.2) is 31.3 Å². The molecule has 2 aromatic rings. The fraction of sp³-hybridized carbons (Fsp3) is 0.278. The van der Waals surface area contributed by atoms with Gasteiger partial charge >= 0.3 is 0 Å². The molecule has 1 aliphatic rings. The van der Waals surface area contributed by atoms with E-state index in [2.05, 4.69) is 0 Å². The molecule has 0 unspecified atom stereocenters. The molecule has 0 bridgehead atoms. The lowest BCUT2D eigenvalue weighted by atomic mass is 10.2. The quantitative estimate of drug-likeness (QED) is 0.784. The van der Waals surface area contributed by atoms with Crippen LogP contribution in [0, 0.1) is 5.82 Å². The third-order valence-electron chi connectivity index (χ3n) is 3.75. The van der Waals surface area contributed by atoms with E-state index in [4.69, 9.17) is 25.8 Å². The van der Waals surface area contributed by atoms with E-state index in [1.807, 2.05) is 18.2 Å². The Kier molecular flexibility index (Phi) is 5.28. The molecule has 1 amide bonds. The topological polar surface area (TPSA) is 48.0 Å². The Morgan fingerprint density at radius 1 is 1.24 bits per heavy atom. The molecule has 0 atom stereocenters. The van der Waals surface area contributed by atoms with Crippen LogP contribution in [0.15, 0.2) is 36.4 Å². The monoisotopic (exact) mass is 365 g/mol. The molecule has 1 heterocycles. The molecule has 3 rings (SSSR count). The first-order chi connectivity index (χ1) is 12.0. The molecule has 5 nitrogen and oxygen atoms in total. The van der Waals surface area contributed by atoms with Crippen LogP contribution in [0.2, 0.25) is 5.02 Å². The second-order valence-corrected chi connectivity index (χ2v) is 6.02. The zero-order chi connectivity index (χ0) is 17.8. The summed E-state index contributed by atoms with van der Waals surface area (Å²) in [6.45, 7) is 0.833. The summed E-state index contributed by atoms with van der Waals surface area (Å²) in [5.74, 6) is 1.25. The predicted octanol–water partition coefficient (Wildman–Crippen LogP) is 3.64. The summed E-state index contributed by atoms with van der Waals surface area (Å²) in [4.78, 5) is 13.8. The van der Waals surface area contributed by atoms with Crippen LogP contribution in [0.4, 0.5) is 4.39 Å². The number of hydrogen-bond donors (Lipinski definition) is 0. The van der Waals surface area contributed by atoms with Crippen molar-refractivity contribution in [2.75, 3.05) is 20.4 Å². The normalized spacial score (nSPS) is 12.1. The van der Waals surface area contributed by atoms with Crippen molar-refractivity contribution in [1.29, 1.82) is 0 Å². The van der Waals surface area contributed by atoms with Crippen molar-refractivity contribution in [3.63, 3.8) is 0 Å². The zero-order valence-electron chi connectivity index (χ0n) is 13.6. The minimum Gasteiger partial charge on any atom is -0.491 e. The molecular formula is C18H17ClFNO4. The summed E-state index contributed by atoms with van der Waals surface area (Å²) in [5, 5.41) is 0.182. The molecule has 0 fully saturated rings. The first kappa shape index (κ1) is 17.4. The van der Waals surface area contributed by atoms with Crippen LogP contribution in [-0.2, 0) is 11.3 Å². The number of nitrogens with zero attached hydrogens (tertiary/aromatic N) is 1. The van der Waals surface area contributed by atoms with Crippen molar-refractivity contribution in [2.24, 2.45) is 0 Å². The lowest BCUT2D eigenvalue weighted by Gasteiger charge is -2.18. The second-order valence-electron chi connectivity index (χ2n) is 5.61. The summed E-state index contributed by atoms with van der Waals surface area (Å²) in [7, 11) is 1.72. The highest BCUT2D eigenvalue weighted by atomic mass is 35.5. The van der Waals surface area contributed by atoms with E-state index in [9.17, 15) is 9.18 Å². The summed E-state index contributed by atoms with van der Waals surface area (Å²) >= 11 is 5.88. The second kappa shape index (κ2) is 7.61. The van der Waals surface area contributed by atoms with Gasteiger partial charge in [0.25, 0.3) is 0 Å². The Morgan fingerprint density at radius 3 is 2.84 bits per heavy atom. The first-order valence-corrected chi connectivity index (χ1v) is 8.11. The lowest BCUT2D eigenvalue weighted by molar-refractivity contribution is -0.130. The van der Waals surface area contributed by atoms with Crippen LogP contribution in [0.3, 0.4) is 0 Å². The molecule has 2 aromatic carbocycles. The van der Waals surface area contributed by atoms with Gasteiger partial charge in [-0.15, -0.1) is 0 Å². The SMILES string of the molecule is CN(Cc1ccc2c(c1)OCO2)C(=O)CCOc1ccc(F)cc1Cl. The van der Waals surface area contributed by atoms with Crippen molar-refractivity contribution < 1.29 is 23.4 Å². The molecule has 1 aliphatic heterocycles. The van der Waals surface area contributed by atoms with Crippen molar-refractivity contribution in [3.8, 4) is 17.2 Å². The number of carbonyl (C=O) groups is 1. The van der Waals surface area contributed by atoms with Gasteiger partial charge in [0, 0.05) is 13.6 Å². The molecule has 0 saturated carbocycles. The number of benzene rings is 2. The first-order valence-electron chi connectivity index (χ1n) is 7.73. The van der Waals surface area contributed by atoms with E-state index in [-0.39, 0.29) is 30.8 Å². The molecule has 0 aromatic heterocycles. The lowest BCUT2D eigenvalue weighted by Crippen LogP contribution is -2.27. The van der Waals surface area contributed by atoms with Crippen LogP contribution in [0.5, 0.6) is 17.2 Å². The van der Waals surface area contributed by atoms with Gasteiger partial charge in [0.2, 0.25) is 12.7 Å². The maximum Gasteiger partial charge on any atom is 0.231 e. The predicted molar refractivity (Wildman–Crippen MR) is 90.6 cm³/mol. The molecule has 0 spiro atoms. The van der Waals surface area contributed by atoms with Crippen LogP contribution in [0.1, 0.15) is 12.0 Å². The number of rotatable bonds is 6. The standard InChI is InChI=1S/C18H17ClFNO4/c1-21(10-12-2-4-16-17(8-12)25-11-24-16)18(22)6-7-23-15-5-3-13(20)9-14(15)19/h2-5,8-9H,6-7,10-11H2,1H3. The molecular weight excluding hydrogens is 349 g/mol. The van der Waals surface area contributed by atoms with Gasteiger partial charge in [0.15, 0.2) is 11.5 Å². The van der Waals surface area contributed by atoms with Crippen molar-refractivity contribution in [3.05, 3.63) is 52.8 Å². The number of ether oxygens (including phenoxy) is 3. The third kappa shape index (κ3) is 4.33. The summed E-state index contributed by atoms with van der Waals surface area (Å²) in [6, 6.07) is 9.46. The van der Waals surface area contributed by atoms with Gasteiger partial charge in [-0.1, -0.05) is 17.7 Å². The van der Waals surface area contributed by atoms with Gasteiger partial charge in [0.05, 0.1) is 18.1 Å². The molecule has 0 aliphatic carbocycles. The van der Waals surface area contributed by atoms with E-state index in [0.717, 1.165) is 5.56 Å². The molecule has 0 saturated heterocycles. The number of halogens is 2. The Morgan fingerprint density at radius 2 is 2.04 bits per heavy atom. The maximum atomic E-state index is 13.0. The fourth-order valence-corrected chi connectivity index (χ4v) is 2.65. The van der Waals surface area contributed by atoms with E-state index in [1.165, 1.54) is 18.2 Å². The van der Waals surface area contributed by atoms with Crippen molar-refractivity contribution >= 4 is 17.5 Å². The molecule has 7 heteroatoms. The fourth-order valence-electron chi connectivity index (χ4n) is 2.43. The Hall–Kier alpha value is -2.47. The minimum atomic E-state index is -0.433.